The van der Waals surface area contributed by atoms with Crippen molar-refractivity contribution < 1.29 is 22.7 Å². The van der Waals surface area contributed by atoms with Gasteiger partial charge in [0, 0.05) is 12.6 Å². The molecule has 0 aliphatic carbocycles. The molecule has 1 aromatic rings. The second kappa shape index (κ2) is 6.56. The number of carbonyl (C=O) groups excluding carboxylic acids is 1. The number of halogens is 3. The average Bonchev–Trinajstić information content (AvgIpc) is 2.34. The van der Waals surface area contributed by atoms with Crippen molar-refractivity contribution in [2.45, 2.75) is 6.18 Å². The van der Waals surface area contributed by atoms with Crippen LogP contribution < -0.4 is 10.5 Å². The first-order chi connectivity index (χ1) is 9.19. The Labute approximate surface area is 119 Å². The van der Waals surface area contributed by atoms with Crippen molar-refractivity contribution in [2.24, 2.45) is 5.73 Å². The SMILES string of the molecule is CN(CC(F)(F)F)C(=O)COc1ccc(C(N)=S)cc1. The molecule has 1 rings (SSSR count). The zero-order chi connectivity index (χ0) is 15.3. The Balaban J connectivity index is 2.50. The highest BCUT2D eigenvalue weighted by Gasteiger charge is 2.31. The minimum absolute atomic E-state index is 0.220. The van der Waals surface area contributed by atoms with Gasteiger partial charge in [-0.2, -0.15) is 13.2 Å². The maximum Gasteiger partial charge on any atom is 0.406 e. The van der Waals surface area contributed by atoms with Crippen molar-refractivity contribution in [1.29, 1.82) is 0 Å². The second-order valence-corrected chi connectivity index (χ2v) is 4.48. The molecule has 0 aliphatic rings. The molecule has 0 spiro atoms. The van der Waals surface area contributed by atoms with Crippen LogP contribution in [0.3, 0.4) is 0 Å². The lowest BCUT2D eigenvalue weighted by molar-refractivity contribution is -0.159. The molecule has 1 amide bonds. The number of benzene rings is 1. The summed E-state index contributed by atoms with van der Waals surface area (Å²) in [5.74, 6) is -0.417. The van der Waals surface area contributed by atoms with Gasteiger partial charge in [-0.3, -0.25) is 4.79 Å². The molecule has 1 aromatic carbocycles. The van der Waals surface area contributed by atoms with Crippen molar-refractivity contribution >= 4 is 23.1 Å². The molecule has 0 bridgehead atoms. The minimum Gasteiger partial charge on any atom is -0.484 e. The number of rotatable bonds is 5. The summed E-state index contributed by atoms with van der Waals surface area (Å²) < 4.78 is 41.4. The van der Waals surface area contributed by atoms with Crippen LogP contribution in [0, 0.1) is 0 Å². The highest BCUT2D eigenvalue weighted by molar-refractivity contribution is 7.80. The zero-order valence-electron chi connectivity index (χ0n) is 10.6. The second-order valence-electron chi connectivity index (χ2n) is 4.04. The average molecular weight is 306 g/mol. The summed E-state index contributed by atoms with van der Waals surface area (Å²) in [6.45, 7) is -1.78. The molecule has 0 heterocycles. The fourth-order valence-electron chi connectivity index (χ4n) is 1.33. The molecular weight excluding hydrogens is 293 g/mol. The van der Waals surface area contributed by atoms with Crippen molar-refractivity contribution in [3.05, 3.63) is 29.8 Å². The van der Waals surface area contributed by atoms with E-state index in [-0.39, 0.29) is 4.99 Å². The summed E-state index contributed by atoms with van der Waals surface area (Å²) in [7, 11) is 1.06. The predicted molar refractivity (Wildman–Crippen MR) is 71.5 cm³/mol. The smallest absolute Gasteiger partial charge is 0.406 e. The van der Waals surface area contributed by atoms with Crippen LogP contribution >= 0.6 is 12.2 Å². The molecule has 0 aromatic heterocycles. The maximum absolute atomic E-state index is 12.1. The first-order valence-corrected chi connectivity index (χ1v) is 5.93. The number of carbonyl (C=O) groups is 1. The molecule has 0 fully saturated rings. The summed E-state index contributed by atoms with van der Waals surface area (Å²) >= 11 is 4.77. The number of thiocarbonyl (C=S) groups is 1. The summed E-state index contributed by atoms with van der Waals surface area (Å²) in [5.41, 5.74) is 6.04. The fourth-order valence-corrected chi connectivity index (χ4v) is 1.46. The van der Waals surface area contributed by atoms with Gasteiger partial charge in [0.2, 0.25) is 0 Å². The quantitative estimate of drug-likeness (QED) is 0.842. The van der Waals surface area contributed by atoms with Gasteiger partial charge in [-0.1, -0.05) is 12.2 Å². The monoisotopic (exact) mass is 306 g/mol. The molecule has 0 saturated heterocycles. The molecular formula is C12H13F3N2O2S. The van der Waals surface area contributed by atoms with Gasteiger partial charge in [-0.15, -0.1) is 0 Å². The highest BCUT2D eigenvalue weighted by Crippen LogP contribution is 2.16. The predicted octanol–water partition coefficient (Wildman–Crippen LogP) is 1.72. The Morgan fingerprint density at radius 2 is 1.90 bits per heavy atom. The Hall–Kier alpha value is -1.83. The van der Waals surface area contributed by atoms with E-state index in [4.69, 9.17) is 22.7 Å². The lowest BCUT2D eigenvalue weighted by Gasteiger charge is -2.19. The number of nitrogens with zero attached hydrogens (tertiary/aromatic N) is 1. The molecule has 0 radical (unpaired) electrons. The van der Waals surface area contributed by atoms with Crippen LogP contribution in [-0.4, -0.2) is 42.2 Å². The molecule has 2 N–H and O–H groups in total. The van der Waals surface area contributed by atoms with Gasteiger partial charge >= 0.3 is 6.18 Å². The van der Waals surface area contributed by atoms with Crippen LogP contribution in [0.4, 0.5) is 13.2 Å². The van der Waals surface area contributed by atoms with Crippen molar-refractivity contribution in [2.75, 3.05) is 20.2 Å². The zero-order valence-corrected chi connectivity index (χ0v) is 11.4. The van der Waals surface area contributed by atoms with E-state index in [0.717, 1.165) is 7.05 Å². The number of hydrogen-bond donors (Lipinski definition) is 1. The largest absolute Gasteiger partial charge is 0.484 e. The van der Waals surface area contributed by atoms with Crippen LogP contribution in [0.25, 0.3) is 0 Å². The number of amides is 1. The molecule has 0 unspecified atom stereocenters. The molecule has 8 heteroatoms. The van der Waals surface area contributed by atoms with E-state index in [1.807, 2.05) is 0 Å². The molecule has 110 valence electrons. The van der Waals surface area contributed by atoms with E-state index in [2.05, 4.69) is 0 Å². The number of ether oxygens (including phenoxy) is 1. The van der Waals surface area contributed by atoms with E-state index in [0.29, 0.717) is 16.2 Å². The lowest BCUT2D eigenvalue weighted by Crippen LogP contribution is -2.38. The van der Waals surface area contributed by atoms with Gasteiger partial charge in [0.05, 0.1) is 0 Å². The van der Waals surface area contributed by atoms with Crippen LogP contribution in [0.1, 0.15) is 5.56 Å². The van der Waals surface area contributed by atoms with Gasteiger partial charge in [0.25, 0.3) is 5.91 Å². The molecule has 0 atom stereocenters. The molecule has 0 saturated carbocycles. The molecule has 20 heavy (non-hydrogen) atoms. The number of alkyl halides is 3. The van der Waals surface area contributed by atoms with Crippen molar-refractivity contribution in [3.63, 3.8) is 0 Å². The van der Waals surface area contributed by atoms with Crippen LogP contribution in [0.2, 0.25) is 0 Å². The summed E-state index contributed by atoms with van der Waals surface area (Å²) in [5, 5.41) is 0. The van der Waals surface area contributed by atoms with Crippen molar-refractivity contribution in [3.8, 4) is 5.75 Å². The van der Waals surface area contributed by atoms with Gasteiger partial charge in [0.15, 0.2) is 6.61 Å². The third-order valence-electron chi connectivity index (χ3n) is 2.34. The Morgan fingerprint density at radius 3 is 2.35 bits per heavy atom. The molecule has 4 nitrogen and oxygen atoms in total. The Bertz CT molecular complexity index is 488. The normalized spacial score (nSPS) is 11.0. The lowest BCUT2D eigenvalue weighted by atomic mass is 10.2. The molecule has 0 aliphatic heterocycles. The van der Waals surface area contributed by atoms with Gasteiger partial charge in [-0.25, -0.2) is 0 Å². The highest BCUT2D eigenvalue weighted by atomic mass is 32.1. The summed E-state index contributed by atoms with van der Waals surface area (Å²) in [4.78, 5) is 12.2. The van der Waals surface area contributed by atoms with E-state index in [9.17, 15) is 18.0 Å². The topological polar surface area (TPSA) is 55.6 Å². The summed E-state index contributed by atoms with van der Waals surface area (Å²) in [6, 6.07) is 6.26. The number of hydrogen-bond acceptors (Lipinski definition) is 3. The fraction of sp³-hybridized carbons (Fsp3) is 0.333. The van der Waals surface area contributed by atoms with Gasteiger partial charge in [-0.05, 0) is 24.3 Å². The maximum atomic E-state index is 12.1. The number of likely N-dealkylation sites (N-methyl/N-ethyl adjacent to an activating group) is 1. The standard InChI is InChI=1S/C12H13F3N2O2S/c1-17(7-12(13,14)15)10(18)6-19-9-4-2-8(3-5-9)11(16)20/h2-5H,6-7H2,1H3,(H2,16,20). The first-order valence-electron chi connectivity index (χ1n) is 5.52. The first kappa shape index (κ1) is 16.2. The van der Waals surface area contributed by atoms with Gasteiger partial charge < -0.3 is 15.4 Å². The van der Waals surface area contributed by atoms with Crippen molar-refractivity contribution in [1.82, 2.24) is 4.90 Å². The number of nitrogens with two attached hydrogens (primary N) is 1. The van der Waals surface area contributed by atoms with Gasteiger partial charge in [0.1, 0.15) is 17.3 Å². The third-order valence-corrected chi connectivity index (χ3v) is 2.58. The van der Waals surface area contributed by atoms with E-state index in [1.54, 1.807) is 12.1 Å². The van der Waals surface area contributed by atoms with E-state index in [1.165, 1.54) is 12.1 Å². The van der Waals surface area contributed by atoms with E-state index < -0.39 is 25.2 Å². The minimum atomic E-state index is -4.43. The summed E-state index contributed by atoms with van der Waals surface area (Å²) in [6.07, 6.45) is -4.43. The Kier molecular flexibility index (Phi) is 5.32. The Morgan fingerprint density at radius 1 is 1.35 bits per heavy atom. The van der Waals surface area contributed by atoms with Crippen LogP contribution in [0.5, 0.6) is 5.75 Å². The van der Waals surface area contributed by atoms with Crippen LogP contribution in [0.15, 0.2) is 24.3 Å². The van der Waals surface area contributed by atoms with E-state index >= 15 is 0 Å². The third kappa shape index (κ3) is 5.43. The van der Waals surface area contributed by atoms with Crippen LogP contribution in [-0.2, 0) is 4.79 Å².